The fourth-order valence-electron chi connectivity index (χ4n) is 3.36. The van der Waals surface area contributed by atoms with Crippen LogP contribution in [0, 0.1) is 6.92 Å². The molecule has 0 saturated carbocycles. The van der Waals surface area contributed by atoms with E-state index in [9.17, 15) is 9.90 Å². The third kappa shape index (κ3) is 3.67. The molecule has 1 saturated heterocycles. The monoisotopic (exact) mass is 393 g/mol. The van der Waals surface area contributed by atoms with E-state index in [1.165, 1.54) is 16.0 Å². The van der Waals surface area contributed by atoms with Crippen LogP contribution in [0.1, 0.15) is 41.3 Å². The lowest BCUT2D eigenvalue weighted by atomic mass is 9.94. The summed E-state index contributed by atoms with van der Waals surface area (Å²) < 4.78 is 1.08. The molecule has 0 amide bonds. The molecule has 1 fully saturated rings. The summed E-state index contributed by atoms with van der Waals surface area (Å²) >= 11 is 5.23. The molecule has 1 aliphatic heterocycles. The van der Waals surface area contributed by atoms with Crippen LogP contribution in [0.15, 0.2) is 40.2 Å². The average Bonchev–Trinajstić information content (AvgIpc) is 2.94. The van der Waals surface area contributed by atoms with Crippen LogP contribution in [0.25, 0.3) is 0 Å². The zero-order chi connectivity index (χ0) is 16.4. The number of hydrogen-bond acceptors (Lipinski definition) is 3. The van der Waals surface area contributed by atoms with Gasteiger partial charge in [0.25, 0.3) is 0 Å². The van der Waals surface area contributed by atoms with Crippen molar-refractivity contribution in [3.8, 4) is 0 Å². The van der Waals surface area contributed by atoms with Crippen molar-refractivity contribution in [2.45, 2.75) is 38.3 Å². The Morgan fingerprint density at radius 1 is 1.35 bits per heavy atom. The summed E-state index contributed by atoms with van der Waals surface area (Å²) in [6.45, 7) is 2.90. The number of halogens is 1. The Labute approximate surface area is 149 Å². The standard InChI is InChI=1S/C18H20BrNO2S/c1-12-5-4-6-13(11-12)17(15-8-9-16(19)23-15)20-10-3-2-7-14(20)18(21)22/h4-6,8-9,11,14,17H,2-3,7,10H2,1H3,(H,21,22). The summed E-state index contributed by atoms with van der Waals surface area (Å²) in [6.07, 6.45) is 2.77. The second-order valence-electron chi connectivity index (χ2n) is 6.05. The second kappa shape index (κ2) is 7.16. The van der Waals surface area contributed by atoms with Gasteiger partial charge in [-0.25, -0.2) is 0 Å². The highest BCUT2D eigenvalue weighted by molar-refractivity contribution is 9.11. The van der Waals surface area contributed by atoms with Gasteiger partial charge in [-0.2, -0.15) is 0 Å². The van der Waals surface area contributed by atoms with Gasteiger partial charge >= 0.3 is 5.97 Å². The summed E-state index contributed by atoms with van der Waals surface area (Å²) in [7, 11) is 0. The van der Waals surface area contributed by atoms with Gasteiger partial charge in [0.1, 0.15) is 6.04 Å². The lowest BCUT2D eigenvalue weighted by Gasteiger charge is -2.39. The molecule has 0 spiro atoms. The predicted molar refractivity (Wildman–Crippen MR) is 97.0 cm³/mol. The summed E-state index contributed by atoms with van der Waals surface area (Å²) in [4.78, 5) is 15.1. The van der Waals surface area contributed by atoms with E-state index in [1.54, 1.807) is 11.3 Å². The molecule has 2 unspecified atom stereocenters. The number of likely N-dealkylation sites (tertiary alicyclic amines) is 1. The number of piperidine rings is 1. The number of carbonyl (C=O) groups is 1. The molecule has 23 heavy (non-hydrogen) atoms. The first-order valence-corrected chi connectivity index (χ1v) is 9.47. The lowest BCUT2D eigenvalue weighted by molar-refractivity contribution is -0.145. The topological polar surface area (TPSA) is 40.5 Å². The molecule has 0 radical (unpaired) electrons. The van der Waals surface area contributed by atoms with Crippen LogP contribution in [0.5, 0.6) is 0 Å². The van der Waals surface area contributed by atoms with Crippen LogP contribution < -0.4 is 0 Å². The Morgan fingerprint density at radius 3 is 2.83 bits per heavy atom. The van der Waals surface area contributed by atoms with Gasteiger partial charge < -0.3 is 5.11 Å². The number of hydrogen-bond donors (Lipinski definition) is 1. The fraction of sp³-hybridized carbons (Fsp3) is 0.389. The van der Waals surface area contributed by atoms with E-state index >= 15 is 0 Å². The molecule has 1 aliphatic rings. The van der Waals surface area contributed by atoms with Gasteiger partial charge in [0.2, 0.25) is 0 Å². The quantitative estimate of drug-likeness (QED) is 0.806. The maximum Gasteiger partial charge on any atom is 0.320 e. The van der Waals surface area contributed by atoms with Crippen molar-refractivity contribution in [2.24, 2.45) is 0 Å². The number of thiophene rings is 1. The van der Waals surface area contributed by atoms with E-state index in [0.717, 1.165) is 29.6 Å². The third-order valence-corrected chi connectivity index (χ3v) is 6.06. The fourth-order valence-corrected chi connectivity index (χ4v) is 4.94. The highest BCUT2D eigenvalue weighted by atomic mass is 79.9. The molecular weight excluding hydrogens is 374 g/mol. The van der Waals surface area contributed by atoms with Gasteiger partial charge in [0, 0.05) is 4.88 Å². The molecule has 1 N–H and O–H groups in total. The normalized spacial score (nSPS) is 20.3. The molecule has 2 atom stereocenters. The van der Waals surface area contributed by atoms with Crippen molar-refractivity contribution in [3.63, 3.8) is 0 Å². The van der Waals surface area contributed by atoms with E-state index in [-0.39, 0.29) is 6.04 Å². The Hall–Kier alpha value is -1.17. The number of aryl methyl sites for hydroxylation is 1. The van der Waals surface area contributed by atoms with Gasteiger partial charge in [-0.3, -0.25) is 9.69 Å². The Kier molecular flexibility index (Phi) is 5.19. The lowest BCUT2D eigenvalue weighted by Crippen LogP contribution is -2.46. The van der Waals surface area contributed by atoms with Crippen LogP contribution in [-0.2, 0) is 4.79 Å². The summed E-state index contributed by atoms with van der Waals surface area (Å²) in [5.74, 6) is -0.710. The van der Waals surface area contributed by atoms with E-state index in [0.29, 0.717) is 0 Å². The van der Waals surface area contributed by atoms with Crippen molar-refractivity contribution >= 4 is 33.2 Å². The summed E-state index contributed by atoms with van der Waals surface area (Å²) in [6, 6.07) is 12.2. The van der Waals surface area contributed by atoms with Gasteiger partial charge in [0.15, 0.2) is 0 Å². The largest absolute Gasteiger partial charge is 0.480 e. The highest BCUT2D eigenvalue weighted by Crippen LogP contribution is 2.38. The Morgan fingerprint density at radius 2 is 2.17 bits per heavy atom. The molecule has 2 heterocycles. The molecule has 122 valence electrons. The minimum atomic E-state index is -0.710. The number of benzene rings is 1. The van der Waals surface area contributed by atoms with Crippen LogP contribution in [-0.4, -0.2) is 28.6 Å². The van der Waals surface area contributed by atoms with E-state index in [4.69, 9.17) is 0 Å². The number of carboxylic acids is 1. The van der Waals surface area contributed by atoms with Crippen LogP contribution >= 0.6 is 27.3 Å². The van der Waals surface area contributed by atoms with Crippen LogP contribution in [0.4, 0.5) is 0 Å². The number of rotatable bonds is 4. The molecule has 3 rings (SSSR count). The first-order chi connectivity index (χ1) is 11.1. The molecule has 0 bridgehead atoms. The summed E-state index contributed by atoms with van der Waals surface area (Å²) in [5.41, 5.74) is 2.37. The van der Waals surface area contributed by atoms with Crippen LogP contribution in [0.2, 0.25) is 0 Å². The molecular formula is C18H20BrNO2S. The Balaban J connectivity index is 2.05. The highest BCUT2D eigenvalue weighted by Gasteiger charge is 2.35. The van der Waals surface area contributed by atoms with Crippen molar-refractivity contribution in [1.29, 1.82) is 0 Å². The summed E-state index contributed by atoms with van der Waals surface area (Å²) in [5, 5.41) is 9.66. The van der Waals surface area contributed by atoms with Crippen molar-refractivity contribution in [1.82, 2.24) is 4.90 Å². The molecule has 1 aromatic heterocycles. The van der Waals surface area contributed by atoms with E-state index in [1.807, 2.05) is 6.07 Å². The van der Waals surface area contributed by atoms with Gasteiger partial charge in [-0.05, 0) is 59.9 Å². The van der Waals surface area contributed by atoms with Crippen LogP contribution in [0.3, 0.4) is 0 Å². The second-order valence-corrected chi connectivity index (χ2v) is 8.54. The smallest absolute Gasteiger partial charge is 0.320 e. The minimum absolute atomic E-state index is 0.00704. The molecule has 3 nitrogen and oxygen atoms in total. The van der Waals surface area contributed by atoms with Gasteiger partial charge in [-0.1, -0.05) is 36.2 Å². The minimum Gasteiger partial charge on any atom is -0.480 e. The molecule has 0 aliphatic carbocycles. The maximum absolute atomic E-state index is 11.8. The Bertz CT molecular complexity index is 700. The zero-order valence-corrected chi connectivity index (χ0v) is 15.4. The zero-order valence-electron chi connectivity index (χ0n) is 13.0. The van der Waals surface area contributed by atoms with E-state index < -0.39 is 12.0 Å². The number of aliphatic carboxylic acids is 1. The number of nitrogens with zero attached hydrogens (tertiary/aromatic N) is 1. The average molecular weight is 394 g/mol. The maximum atomic E-state index is 11.8. The number of carboxylic acid groups (broad SMARTS) is 1. The van der Waals surface area contributed by atoms with E-state index in [2.05, 4.69) is 58.1 Å². The van der Waals surface area contributed by atoms with Crippen molar-refractivity contribution < 1.29 is 9.90 Å². The predicted octanol–water partition coefficient (Wildman–Crippen LogP) is 4.85. The SMILES string of the molecule is Cc1cccc(C(c2ccc(Br)s2)N2CCCCC2C(=O)O)c1. The third-order valence-electron chi connectivity index (χ3n) is 4.38. The first-order valence-electron chi connectivity index (χ1n) is 7.86. The van der Waals surface area contributed by atoms with Gasteiger partial charge in [0.05, 0.1) is 9.83 Å². The molecule has 1 aromatic carbocycles. The van der Waals surface area contributed by atoms with Crippen molar-refractivity contribution in [2.75, 3.05) is 6.54 Å². The van der Waals surface area contributed by atoms with Gasteiger partial charge in [-0.15, -0.1) is 11.3 Å². The molecule has 5 heteroatoms. The molecule has 2 aromatic rings. The first kappa shape index (κ1) is 16.7. The van der Waals surface area contributed by atoms with Crippen molar-refractivity contribution in [3.05, 3.63) is 56.2 Å².